The first-order valence-corrected chi connectivity index (χ1v) is 5.84. The van der Waals surface area contributed by atoms with Gasteiger partial charge in [-0.2, -0.15) is 0 Å². The molecule has 1 fully saturated rings. The highest BCUT2D eigenvalue weighted by molar-refractivity contribution is 6.33. The molecule has 2 N–H and O–H groups in total. The summed E-state index contributed by atoms with van der Waals surface area (Å²) < 4.78 is 10.4. The number of hydrogen-bond donors (Lipinski definition) is 1. The van der Waals surface area contributed by atoms with E-state index in [0.29, 0.717) is 35.4 Å². The van der Waals surface area contributed by atoms with Crippen molar-refractivity contribution in [3.05, 3.63) is 28.8 Å². The van der Waals surface area contributed by atoms with Crippen LogP contribution < -0.4 is 5.73 Å². The number of hydrogen-bond acceptors (Lipinski definition) is 4. The average molecular weight is 256 g/mol. The highest BCUT2D eigenvalue weighted by Crippen LogP contribution is 2.21. The molecule has 1 aromatic rings. The van der Waals surface area contributed by atoms with Crippen molar-refractivity contribution in [3.63, 3.8) is 0 Å². The maximum atomic E-state index is 11.7. The smallest absolute Gasteiger partial charge is 0.339 e. The standard InChI is InChI=1S/C12H14ClNO3/c13-11-5-9(14)1-2-10(11)12(15)17-7-8-3-4-16-6-8/h1-2,5,8H,3-4,6-7,14H2. The molecule has 92 valence electrons. The Balaban J connectivity index is 1.94. The van der Waals surface area contributed by atoms with Crippen molar-refractivity contribution in [2.75, 3.05) is 25.6 Å². The Bertz CT molecular complexity index is 416. The number of esters is 1. The molecule has 1 atom stereocenters. The first-order chi connectivity index (χ1) is 8.16. The first kappa shape index (κ1) is 12.2. The summed E-state index contributed by atoms with van der Waals surface area (Å²) in [5.41, 5.74) is 6.42. The molecule has 0 aliphatic carbocycles. The first-order valence-electron chi connectivity index (χ1n) is 5.46. The average Bonchev–Trinajstić information content (AvgIpc) is 2.78. The summed E-state index contributed by atoms with van der Waals surface area (Å²) in [4.78, 5) is 11.7. The minimum absolute atomic E-state index is 0.298. The second-order valence-corrected chi connectivity index (χ2v) is 4.47. The van der Waals surface area contributed by atoms with Crippen molar-refractivity contribution in [2.24, 2.45) is 5.92 Å². The number of nitrogens with two attached hydrogens (primary N) is 1. The van der Waals surface area contributed by atoms with Crippen LogP contribution in [0, 0.1) is 5.92 Å². The van der Waals surface area contributed by atoms with Crippen LogP contribution in [0.1, 0.15) is 16.8 Å². The van der Waals surface area contributed by atoms with E-state index in [2.05, 4.69) is 0 Å². The van der Waals surface area contributed by atoms with Gasteiger partial charge in [0.25, 0.3) is 0 Å². The van der Waals surface area contributed by atoms with Crippen LogP contribution in [0.3, 0.4) is 0 Å². The largest absolute Gasteiger partial charge is 0.462 e. The highest BCUT2D eigenvalue weighted by Gasteiger charge is 2.19. The van der Waals surface area contributed by atoms with Crippen LogP contribution in [0.15, 0.2) is 18.2 Å². The van der Waals surface area contributed by atoms with Crippen LogP contribution in [-0.2, 0) is 9.47 Å². The molecular formula is C12H14ClNO3. The maximum Gasteiger partial charge on any atom is 0.339 e. The summed E-state index contributed by atoms with van der Waals surface area (Å²) in [6.07, 6.45) is 0.933. The van der Waals surface area contributed by atoms with Crippen molar-refractivity contribution in [2.45, 2.75) is 6.42 Å². The van der Waals surface area contributed by atoms with Crippen LogP contribution in [0.5, 0.6) is 0 Å². The topological polar surface area (TPSA) is 61.6 Å². The maximum absolute atomic E-state index is 11.7. The SMILES string of the molecule is Nc1ccc(C(=O)OCC2CCOC2)c(Cl)c1. The number of nitrogen functional groups attached to an aromatic ring is 1. The van der Waals surface area contributed by atoms with Crippen LogP contribution in [0.4, 0.5) is 5.69 Å². The molecule has 1 saturated heterocycles. The van der Waals surface area contributed by atoms with E-state index in [1.165, 1.54) is 6.07 Å². The van der Waals surface area contributed by atoms with E-state index in [-0.39, 0.29) is 0 Å². The zero-order valence-electron chi connectivity index (χ0n) is 9.32. The van der Waals surface area contributed by atoms with Gasteiger partial charge in [-0.15, -0.1) is 0 Å². The fraction of sp³-hybridized carbons (Fsp3) is 0.417. The zero-order chi connectivity index (χ0) is 12.3. The molecule has 4 nitrogen and oxygen atoms in total. The molecule has 2 rings (SSSR count). The summed E-state index contributed by atoms with van der Waals surface area (Å²) in [5, 5.41) is 0.317. The Morgan fingerprint density at radius 1 is 1.59 bits per heavy atom. The van der Waals surface area contributed by atoms with Gasteiger partial charge >= 0.3 is 5.97 Å². The molecule has 1 heterocycles. The molecule has 5 heteroatoms. The summed E-state index contributed by atoms with van der Waals surface area (Å²) >= 11 is 5.91. The Kier molecular flexibility index (Phi) is 3.86. The Morgan fingerprint density at radius 2 is 2.41 bits per heavy atom. The third kappa shape index (κ3) is 3.11. The normalized spacial score (nSPS) is 19.2. The summed E-state index contributed by atoms with van der Waals surface area (Å²) in [5.74, 6) is -0.117. The van der Waals surface area contributed by atoms with E-state index in [4.69, 9.17) is 26.8 Å². The molecule has 0 aromatic heterocycles. The van der Waals surface area contributed by atoms with E-state index >= 15 is 0 Å². The van der Waals surface area contributed by atoms with Gasteiger partial charge in [0.1, 0.15) is 0 Å². The summed E-state index contributed by atoms with van der Waals surface area (Å²) in [6, 6.07) is 4.74. The minimum Gasteiger partial charge on any atom is -0.462 e. The van der Waals surface area contributed by atoms with Gasteiger partial charge in [0.15, 0.2) is 0 Å². The zero-order valence-corrected chi connectivity index (χ0v) is 10.1. The van der Waals surface area contributed by atoms with Gasteiger partial charge in [0, 0.05) is 18.2 Å². The van der Waals surface area contributed by atoms with E-state index < -0.39 is 5.97 Å². The minimum atomic E-state index is -0.415. The van der Waals surface area contributed by atoms with E-state index in [1.54, 1.807) is 12.1 Å². The Labute approximate surface area is 105 Å². The van der Waals surface area contributed by atoms with Gasteiger partial charge < -0.3 is 15.2 Å². The lowest BCUT2D eigenvalue weighted by Crippen LogP contribution is -2.14. The van der Waals surface area contributed by atoms with Crippen molar-refractivity contribution >= 4 is 23.3 Å². The van der Waals surface area contributed by atoms with Crippen molar-refractivity contribution < 1.29 is 14.3 Å². The number of rotatable bonds is 3. The third-order valence-corrected chi connectivity index (χ3v) is 3.00. The van der Waals surface area contributed by atoms with Gasteiger partial charge in [-0.3, -0.25) is 0 Å². The van der Waals surface area contributed by atoms with E-state index in [9.17, 15) is 4.79 Å². The van der Waals surface area contributed by atoms with Gasteiger partial charge in [0.2, 0.25) is 0 Å². The molecule has 1 unspecified atom stereocenters. The number of anilines is 1. The molecule has 17 heavy (non-hydrogen) atoms. The van der Waals surface area contributed by atoms with E-state index in [1.807, 2.05) is 0 Å². The van der Waals surface area contributed by atoms with Crippen LogP contribution in [0.25, 0.3) is 0 Å². The van der Waals surface area contributed by atoms with Crippen LogP contribution in [-0.4, -0.2) is 25.8 Å². The molecule has 1 aliphatic rings. The van der Waals surface area contributed by atoms with E-state index in [0.717, 1.165) is 13.0 Å². The number of halogens is 1. The van der Waals surface area contributed by atoms with Crippen LogP contribution >= 0.6 is 11.6 Å². The lowest BCUT2D eigenvalue weighted by Gasteiger charge is -2.09. The quantitative estimate of drug-likeness (QED) is 0.664. The predicted octanol–water partition coefficient (Wildman–Crippen LogP) is 2.12. The lowest BCUT2D eigenvalue weighted by atomic mass is 10.1. The number of carbonyl (C=O) groups is 1. The summed E-state index contributed by atoms with van der Waals surface area (Å²) in [7, 11) is 0. The second-order valence-electron chi connectivity index (χ2n) is 4.07. The van der Waals surface area contributed by atoms with Gasteiger partial charge in [0.05, 0.1) is 23.8 Å². The molecule has 0 spiro atoms. The second kappa shape index (κ2) is 5.38. The van der Waals surface area contributed by atoms with Gasteiger partial charge in [-0.1, -0.05) is 11.6 Å². The van der Waals surface area contributed by atoms with Crippen molar-refractivity contribution in [1.29, 1.82) is 0 Å². The summed E-state index contributed by atoms with van der Waals surface area (Å²) in [6.45, 7) is 1.77. The number of benzene rings is 1. The van der Waals surface area contributed by atoms with Gasteiger partial charge in [-0.25, -0.2) is 4.79 Å². The fourth-order valence-corrected chi connectivity index (χ4v) is 1.95. The highest BCUT2D eigenvalue weighted by atomic mass is 35.5. The fourth-order valence-electron chi connectivity index (χ4n) is 1.68. The molecule has 0 bridgehead atoms. The monoisotopic (exact) mass is 255 g/mol. The van der Waals surface area contributed by atoms with Crippen LogP contribution in [0.2, 0.25) is 5.02 Å². The Hall–Kier alpha value is -1.26. The predicted molar refractivity (Wildman–Crippen MR) is 65.1 cm³/mol. The molecule has 1 aromatic carbocycles. The number of ether oxygens (including phenoxy) is 2. The molecule has 0 radical (unpaired) electrons. The van der Waals surface area contributed by atoms with Crippen molar-refractivity contribution in [1.82, 2.24) is 0 Å². The van der Waals surface area contributed by atoms with Gasteiger partial charge in [-0.05, 0) is 24.6 Å². The molecule has 1 aliphatic heterocycles. The number of carbonyl (C=O) groups excluding carboxylic acids is 1. The molecular weight excluding hydrogens is 242 g/mol. The van der Waals surface area contributed by atoms with Crippen molar-refractivity contribution in [3.8, 4) is 0 Å². The third-order valence-electron chi connectivity index (χ3n) is 2.69. The molecule has 0 saturated carbocycles. The Morgan fingerprint density at radius 3 is 3.06 bits per heavy atom. The lowest BCUT2D eigenvalue weighted by molar-refractivity contribution is 0.0428. The molecule has 0 amide bonds.